The summed E-state index contributed by atoms with van der Waals surface area (Å²) in [5.74, 6) is 0.669. The molecule has 2 rings (SSSR count). The van der Waals surface area contributed by atoms with Gasteiger partial charge in [0.05, 0.1) is 26.9 Å². The van der Waals surface area contributed by atoms with E-state index in [0.717, 1.165) is 31.2 Å². The highest BCUT2D eigenvalue weighted by molar-refractivity contribution is 5.92. The number of carbonyl (C=O) groups is 1. The van der Waals surface area contributed by atoms with E-state index in [4.69, 9.17) is 9.47 Å². The van der Waals surface area contributed by atoms with Crippen LogP contribution >= 0.6 is 0 Å². The van der Waals surface area contributed by atoms with E-state index >= 15 is 0 Å². The van der Waals surface area contributed by atoms with Gasteiger partial charge in [-0.15, -0.1) is 0 Å². The third-order valence-electron chi connectivity index (χ3n) is 3.09. The number of hydrogen-bond donors (Lipinski definition) is 2. The molecule has 0 bridgehead atoms. The second-order valence-electron chi connectivity index (χ2n) is 5.19. The van der Waals surface area contributed by atoms with Crippen LogP contribution in [0, 0.1) is 5.41 Å². The summed E-state index contributed by atoms with van der Waals surface area (Å²) < 4.78 is 10.3. The van der Waals surface area contributed by atoms with Gasteiger partial charge in [-0.2, -0.15) is 0 Å². The molecular weight excluding hydrogens is 244 g/mol. The number of benzene rings is 1. The van der Waals surface area contributed by atoms with Crippen LogP contribution < -0.4 is 15.4 Å². The smallest absolute Gasteiger partial charge is 0.238 e. The van der Waals surface area contributed by atoms with Crippen LogP contribution in [0.5, 0.6) is 5.75 Å². The lowest BCUT2D eigenvalue weighted by molar-refractivity contribution is -0.117. The molecule has 1 aromatic carbocycles. The SMILES string of the molecule is COc1cccc(NC(=O)CNCC2(C)COC2)c1. The average Bonchev–Trinajstić information content (AvgIpc) is 2.37. The second kappa shape index (κ2) is 6.04. The van der Waals surface area contributed by atoms with E-state index in [1.807, 2.05) is 18.2 Å². The maximum Gasteiger partial charge on any atom is 0.238 e. The molecule has 1 aromatic rings. The molecule has 1 heterocycles. The highest BCUT2D eigenvalue weighted by Crippen LogP contribution is 2.24. The third kappa shape index (κ3) is 3.94. The quantitative estimate of drug-likeness (QED) is 0.812. The molecule has 104 valence electrons. The number of hydrogen-bond acceptors (Lipinski definition) is 4. The summed E-state index contributed by atoms with van der Waals surface area (Å²) in [6, 6.07) is 7.31. The van der Waals surface area contributed by atoms with Crippen LogP contribution in [0.3, 0.4) is 0 Å². The predicted molar refractivity (Wildman–Crippen MR) is 73.4 cm³/mol. The molecule has 1 aliphatic heterocycles. The van der Waals surface area contributed by atoms with Crippen molar-refractivity contribution in [1.82, 2.24) is 5.32 Å². The van der Waals surface area contributed by atoms with Gasteiger partial charge in [0.15, 0.2) is 0 Å². The van der Waals surface area contributed by atoms with E-state index in [2.05, 4.69) is 17.6 Å². The molecule has 0 spiro atoms. The van der Waals surface area contributed by atoms with Crippen molar-refractivity contribution in [2.45, 2.75) is 6.92 Å². The van der Waals surface area contributed by atoms with Crippen LogP contribution in [0.4, 0.5) is 5.69 Å². The van der Waals surface area contributed by atoms with E-state index in [0.29, 0.717) is 6.54 Å². The minimum Gasteiger partial charge on any atom is -0.497 e. The molecule has 0 aromatic heterocycles. The molecule has 1 aliphatic rings. The van der Waals surface area contributed by atoms with Crippen molar-refractivity contribution in [3.05, 3.63) is 24.3 Å². The number of ether oxygens (including phenoxy) is 2. The van der Waals surface area contributed by atoms with Crippen LogP contribution in [0.25, 0.3) is 0 Å². The first-order valence-electron chi connectivity index (χ1n) is 6.34. The van der Waals surface area contributed by atoms with Crippen LogP contribution in [0.2, 0.25) is 0 Å². The van der Waals surface area contributed by atoms with E-state index in [9.17, 15) is 4.79 Å². The zero-order valence-electron chi connectivity index (χ0n) is 11.4. The fraction of sp³-hybridized carbons (Fsp3) is 0.500. The monoisotopic (exact) mass is 264 g/mol. The van der Waals surface area contributed by atoms with E-state index < -0.39 is 0 Å². The number of amides is 1. The molecule has 1 amide bonds. The largest absolute Gasteiger partial charge is 0.497 e. The van der Waals surface area contributed by atoms with Gasteiger partial charge in [-0.3, -0.25) is 4.79 Å². The van der Waals surface area contributed by atoms with Crippen molar-refractivity contribution in [2.24, 2.45) is 5.41 Å². The van der Waals surface area contributed by atoms with Gasteiger partial charge in [-0.1, -0.05) is 13.0 Å². The van der Waals surface area contributed by atoms with E-state index in [1.54, 1.807) is 13.2 Å². The molecule has 0 radical (unpaired) electrons. The number of anilines is 1. The summed E-state index contributed by atoms with van der Waals surface area (Å²) in [6.45, 7) is 4.75. The van der Waals surface area contributed by atoms with Crippen LogP contribution in [-0.4, -0.2) is 39.3 Å². The Labute approximate surface area is 113 Å². The second-order valence-corrected chi connectivity index (χ2v) is 5.19. The van der Waals surface area contributed by atoms with Crippen molar-refractivity contribution in [2.75, 3.05) is 38.7 Å². The van der Waals surface area contributed by atoms with Gasteiger partial charge < -0.3 is 20.1 Å². The minimum absolute atomic E-state index is 0.0582. The Morgan fingerprint density at radius 3 is 2.89 bits per heavy atom. The lowest BCUT2D eigenvalue weighted by Gasteiger charge is -2.38. The zero-order valence-corrected chi connectivity index (χ0v) is 11.4. The summed E-state index contributed by atoms with van der Waals surface area (Å²) in [6.07, 6.45) is 0. The van der Waals surface area contributed by atoms with Gasteiger partial charge in [0.25, 0.3) is 0 Å². The van der Waals surface area contributed by atoms with Gasteiger partial charge in [-0.25, -0.2) is 0 Å². The van der Waals surface area contributed by atoms with Gasteiger partial charge in [0.2, 0.25) is 5.91 Å². The van der Waals surface area contributed by atoms with Crippen LogP contribution in [0.15, 0.2) is 24.3 Å². The van der Waals surface area contributed by atoms with Crippen molar-refractivity contribution in [3.8, 4) is 5.75 Å². The van der Waals surface area contributed by atoms with Gasteiger partial charge in [-0.05, 0) is 12.1 Å². The van der Waals surface area contributed by atoms with Gasteiger partial charge >= 0.3 is 0 Å². The maximum atomic E-state index is 11.8. The van der Waals surface area contributed by atoms with E-state index in [-0.39, 0.29) is 11.3 Å². The summed E-state index contributed by atoms with van der Waals surface area (Å²) in [5.41, 5.74) is 0.917. The third-order valence-corrected chi connectivity index (χ3v) is 3.09. The first-order chi connectivity index (χ1) is 9.11. The number of methoxy groups -OCH3 is 1. The van der Waals surface area contributed by atoms with Crippen molar-refractivity contribution in [1.29, 1.82) is 0 Å². The van der Waals surface area contributed by atoms with Crippen LogP contribution in [0.1, 0.15) is 6.92 Å². The zero-order chi connectivity index (χ0) is 13.7. The normalized spacial score (nSPS) is 16.5. The lowest BCUT2D eigenvalue weighted by atomic mass is 9.89. The molecule has 0 saturated carbocycles. The molecule has 1 fully saturated rings. The van der Waals surface area contributed by atoms with Gasteiger partial charge in [0.1, 0.15) is 5.75 Å². The van der Waals surface area contributed by atoms with Crippen LogP contribution in [-0.2, 0) is 9.53 Å². The number of rotatable bonds is 6. The standard InChI is InChI=1S/C14H20N2O3/c1-14(9-19-10-14)8-15-7-13(17)16-11-4-3-5-12(6-11)18-2/h3-6,15H,7-10H2,1-2H3,(H,16,17). The summed E-state index contributed by atoms with van der Waals surface area (Å²) in [7, 11) is 1.60. The fourth-order valence-corrected chi connectivity index (χ4v) is 1.94. The topological polar surface area (TPSA) is 59.6 Å². The van der Waals surface area contributed by atoms with E-state index in [1.165, 1.54) is 0 Å². The van der Waals surface area contributed by atoms with Crippen molar-refractivity contribution < 1.29 is 14.3 Å². The molecule has 1 saturated heterocycles. The molecule has 2 N–H and O–H groups in total. The first-order valence-corrected chi connectivity index (χ1v) is 6.34. The average molecular weight is 264 g/mol. The minimum atomic E-state index is -0.0582. The Morgan fingerprint density at radius 1 is 1.47 bits per heavy atom. The molecule has 5 heteroatoms. The summed E-state index contributed by atoms with van der Waals surface area (Å²) in [5, 5.41) is 5.98. The Bertz CT molecular complexity index is 444. The fourth-order valence-electron chi connectivity index (χ4n) is 1.94. The molecule has 5 nitrogen and oxygen atoms in total. The maximum absolute atomic E-state index is 11.8. The molecule has 0 atom stereocenters. The lowest BCUT2D eigenvalue weighted by Crippen LogP contribution is -2.48. The predicted octanol–water partition coefficient (Wildman–Crippen LogP) is 1.26. The Hall–Kier alpha value is -1.59. The first kappa shape index (κ1) is 13.8. The molecule has 0 aliphatic carbocycles. The van der Waals surface area contributed by atoms with Gasteiger partial charge in [0, 0.05) is 23.7 Å². The molecular formula is C14H20N2O3. The summed E-state index contributed by atoms with van der Waals surface area (Å²) in [4.78, 5) is 11.8. The molecule has 19 heavy (non-hydrogen) atoms. The summed E-state index contributed by atoms with van der Waals surface area (Å²) >= 11 is 0. The Balaban J connectivity index is 1.74. The highest BCUT2D eigenvalue weighted by Gasteiger charge is 2.32. The van der Waals surface area contributed by atoms with Crippen molar-refractivity contribution in [3.63, 3.8) is 0 Å². The molecule has 0 unspecified atom stereocenters. The van der Waals surface area contributed by atoms with Crippen molar-refractivity contribution >= 4 is 11.6 Å². The Kier molecular flexibility index (Phi) is 4.39. The Morgan fingerprint density at radius 2 is 2.26 bits per heavy atom. The highest BCUT2D eigenvalue weighted by atomic mass is 16.5. The number of carbonyl (C=O) groups excluding carboxylic acids is 1. The number of nitrogens with one attached hydrogen (secondary N) is 2.